The molecule has 0 heterocycles. The van der Waals surface area contributed by atoms with Crippen LogP contribution in [0.4, 0.5) is 4.39 Å². The zero-order valence-electron chi connectivity index (χ0n) is 19.0. The fourth-order valence-electron chi connectivity index (χ4n) is 7.94. The number of thioether (sulfide) groups is 1. The molecule has 1 aromatic carbocycles. The molecule has 5 rings (SSSR count). The molecule has 1 aromatic rings. The van der Waals surface area contributed by atoms with Gasteiger partial charge in [-0.05, 0) is 74.8 Å². The number of benzene rings is 1. The Labute approximate surface area is 190 Å². The zero-order valence-corrected chi connectivity index (χ0v) is 19.8. The van der Waals surface area contributed by atoms with E-state index in [-0.39, 0.29) is 22.5 Å². The third-order valence-electron chi connectivity index (χ3n) is 9.83. The first-order valence-corrected chi connectivity index (χ1v) is 13.0. The smallest absolute Gasteiger partial charge is 0.159 e. The number of hydrogen-bond donors (Lipinski definition) is 1. The molecular weight excluding hydrogens is 407 g/mol. The molecule has 7 atom stereocenters. The van der Waals surface area contributed by atoms with Crippen molar-refractivity contribution in [2.75, 3.05) is 5.75 Å². The zero-order chi connectivity index (χ0) is 22.0. The van der Waals surface area contributed by atoms with Crippen molar-refractivity contribution in [1.82, 2.24) is 0 Å². The minimum absolute atomic E-state index is 0.0203. The monoisotopic (exact) mass is 442 g/mol. The minimum Gasteiger partial charge on any atom is -0.390 e. The van der Waals surface area contributed by atoms with E-state index >= 15 is 4.39 Å². The number of fused-ring (bicyclic) bond motifs is 5. The van der Waals surface area contributed by atoms with Gasteiger partial charge in [0.25, 0.3) is 0 Å². The summed E-state index contributed by atoms with van der Waals surface area (Å²) in [5.41, 5.74) is 0.897. The van der Waals surface area contributed by atoms with Gasteiger partial charge in [0.05, 0.1) is 5.60 Å². The van der Waals surface area contributed by atoms with Crippen LogP contribution in [0.25, 0.3) is 0 Å². The Kier molecular flexibility index (Phi) is 5.21. The van der Waals surface area contributed by atoms with Crippen LogP contribution in [-0.2, 0) is 4.79 Å². The van der Waals surface area contributed by atoms with Crippen LogP contribution >= 0.6 is 11.8 Å². The molecule has 0 aromatic heterocycles. The molecule has 4 aliphatic carbocycles. The third kappa shape index (κ3) is 3.19. The summed E-state index contributed by atoms with van der Waals surface area (Å²) in [6, 6.07) is 10.2. The van der Waals surface area contributed by atoms with Gasteiger partial charge >= 0.3 is 0 Å². The minimum atomic E-state index is -0.910. The molecule has 0 radical (unpaired) electrons. The van der Waals surface area contributed by atoms with Crippen LogP contribution in [-0.4, -0.2) is 28.4 Å². The van der Waals surface area contributed by atoms with E-state index in [4.69, 9.17) is 0 Å². The molecule has 0 amide bonds. The van der Waals surface area contributed by atoms with E-state index in [1.165, 1.54) is 10.5 Å². The number of halogens is 1. The lowest BCUT2D eigenvalue weighted by atomic mass is 9.45. The number of hydrogen-bond acceptors (Lipinski definition) is 3. The highest BCUT2D eigenvalue weighted by atomic mass is 32.2. The molecule has 168 valence electrons. The van der Waals surface area contributed by atoms with E-state index in [1.807, 2.05) is 25.1 Å². The Morgan fingerprint density at radius 1 is 1.10 bits per heavy atom. The molecule has 4 heteroatoms. The highest BCUT2D eigenvalue weighted by molar-refractivity contribution is 7.99. The summed E-state index contributed by atoms with van der Waals surface area (Å²) in [6.45, 7) is 6.31. The van der Waals surface area contributed by atoms with E-state index < -0.39 is 11.8 Å². The maximum absolute atomic E-state index is 16.0. The number of carbonyl (C=O) groups is 1. The Balaban J connectivity index is 1.48. The summed E-state index contributed by atoms with van der Waals surface area (Å²) in [7, 11) is 0. The molecule has 1 N–H and O–H groups in total. The maximum atomic E-state index is 16.0. The highest BCUT2D eigenvalue weighted by Crippen LogP contribution is 2.68. The summed E-state index contributed by atoms with van der Waals surface area (Å²) in [5, 5.41) is 11.1. The van der Waals surface area contributed by atoms with Crippen molar-refractivity contribution in [3.05, 3.63) is 41.5 Å². The van der Waals surface area contributed by atoms with E-state index in [0.717, 1.165) is 37.7 Å². The van der Waals surface area contributed by atoms with Crippen LogP contribution in [0.5, 0.6) is 0 Å². The van der Waals surface area contributed by atoms with Gasteiger partial charge in [-0.3, -0.25) is 4.79 Å². The predicted octanol–water partition coefficient (Wildman–Crippen LogP) is 6.38. The van der Waals surface area contributed by atoms with Gasteiger partial charge in [0.1, 0.15) is 6.17 Å². The maximum Gasteiger partial charge on any atom is 0.159 e. The molecule has 3 fully saturated rings. The van der Waals surface area contributed by atoms with Gasteiger partial charge in [0.15, 0.2) is 5.78 Å². The van der Waals surface area contributed by atoms with E-state index in [2.05, 4.69) is 26.0 Å². The van der Waals surface area contributed by atoms with E-state index in [9.17, 15) is 9.90 Å². The Morgan fingerprint density at radius 2 is 1.84 bits per heavy atom. The van der Waals surface area contributed by atoms with Gasteiger partial charge in [-0.1, -0.05) is 37.6 Å². The summed E-state index contributed by atoms with van der Waals surface area (Å²) in [6.07, 6.45) is 4.52. The number of alkyl halides is 1. The van der Waals surface area contributed by atoms with Crippen molar-refractivity contribution in [1.29, 1.82) is 0 Å². The Bertz CT molecular complexity index is 909. The van der Waals surface area contributed by atoms with Crippen LogP contribution in [0.15, 0.2) is 46.4 Å². The molecule has 0 saturated heterocycles. The average molecular weight is 443 g/mol. The highest BCUT2D eigenvalue weighted by Gasteiger charge is 2.65. The predicted molar refractivity (Wildman–Crippen MR) is 124 cm³/mol. The molecule has 0 aliphatic heterocycles. The van der Waals surface area contributed by atoms with Crippen molar-refractivity contribution in [2.24, 2.45) is 28.6 Å². The van der Waals surface area contributed by atoms with Crippen LogP contribution in [0, 0.1) is 28.6 Å². The molecule has 4 aliphatic rings. The number of carbonyl (C=O) groups excluding carboxylic acids is 1. The van der Waals surface area contributed by atoms with Crippen LogP contribution in [0.3, 0.4) is 0 Å². The first-order valence-electron chi connectivity index (χ1n) is 12.0. The lowest BCUT2D eigenvalue weighted by molar-refractivity contribution is -0.148. The van der Waals surface area contributed by atoms with Crippen molar-refractivity contribution in [3.63, 3.8) is 0 Å². The fraction of sp³-hybridized carbons (Fsp3) is 0.667. The summed E-state index contributed by atoms with van der Waals surface area (Å²) >= 11 is 1.72. The second-order valence-corrected chi connectivity index (χ2v) is 12.2. The largest absolute Gasteiger partial charge is 0.390 e. The van der Waals surface area contributed by atoms with Crippen molar-refractivity contribution < 1.29 is 14.3 Å². The third-order valence-corrected chi connectivity index (χ3v) is 10.9. The molecule has 3 saturated carbocycles. The van der Waals surface area contributed by atoms with Crippen LogP contribution in [0.1, 0.15) is 65.7 Å². The second kappa shape index (κ2) is 7.45. The molecule has 0 unspecified atom stereocenters. The van der Waals surface area contributed by atoms with Crippen LogP contribution in [0.2, 0.25) is 0 Å². The van der Waals surface area contributed by atoms with Gasteiger partial charge in [-0.25, -0.2) is 4.39 Å². The van der Waals surface area contributed by atoms with Gasteiger partial charge < -0.3 is 5.11 Å². The van der Waals surface area contributed by atoms with Gasteiger partial charge in [0, 0.05) is 34.0 Å². The lowest BCUT2D eigenvalue weighted by Gasteiger charge is -2.60. The van der Waals surface area contributed by atoms with Crippen molar-refractivity contribution in [3.8, 4) is 0 Å². The number of ketones is 1. The molecule has 0 bridgehead atoms. The number of aliphatic hydroxyl groups is 1. The van der Waals surface area contributed by atoms with E-state index in [1.54, 1.807) is 11.8 Å². The molecule has 2 nitrogen and oxygen atoms in total. The number of allylic oxidation sites excluding steroid dienone is 1. The summed E-state index contributed by atoms with van der Waals surface area (Å²) in [4.78, 5) is 14.2. The molecule has 31 heavy (non-hydrogen) atoms. The summed E-state index contributed by atoms with van der Waals surface area (Å²) in [5.74, 6) is 1.64. The molecular formula is C27H35FO2S. The second-order valence-electron chi connectivity index (χ2n) is 11.2. The van der Waals surface area contributed by atoms with E-state index in [0.29, 0.717) is 30.4 Å². The Hall–Kier alpha value is -1.13. The van der Waals surface area contributed by atoms with Gasteiger partial charge in [-0.15, -0.1) is 11.8 Å². The SMILES string of the molecule is C[C@]12CCC(=O)C(CSc3ccccc3)=C1CC[C@@H]1[C@@H]2[C@@H](F)C[C@@]2(C)[C@H]1CC[C@]2(C)O. The Morgan fingerprint density at radius 3 is 2.58 bits per heavy atom. The van der Waals surface area contributed by atoms with Crippen LogP contribution < -0.4 is 0 Å². The number of Topliss-reactive ketones (excluding diaryl/α,β-unsaturated/α-hetero) is 1. The average Bonchev–Trinajstić information content (AvgIpc) is 2.97. The number of rotatable bonds is 3. The fourth-order valence-corrected chi connectivity index (χ4v) is 8.94. The quantitative estimate of drug-likeness (QED) is 0.552. The normalized spacial score (nSPS) is 44.6. The summed E-state index contributed by atoms with van der Waals surface area (Å²) < 4.78 is 16.0. The van der Waals surface area contributed by atoms with Gasteiger partial charge in [0.2, 0.25) is 0 Å². The molecule has 0 spiro atoms. The van der Waals surface area contributed by atoms with Crippen molar-refractivity contribution in [2.45, 2.75) is 82.4 Å². The van der Waals surface area contributed by atoms with Crippen molar-refractivity contribution >= 4 is 17.5 Å². The van der Waals surface area contributed by atoms with Gasteiger partial charge in [-0.2, -0.15) is 0 Å². The standard InChI is InChI=1S/C27H35FO2S/c1-25-13-12-23(29)19(16-31-17-7-5-4-6-8-17)20(25)10-9-18-21-11-14-27(3,30)26(21,2)15-22(28)24(18)25/h4-8,18,21-22,24,30H,9-16H2,1-3H3/t18-,21-,22-,24+,25-,26-,27-/m0/s1. The first-order chi connectivity index (χ1) is 14.7. The first kappa shape index (κ1) is 21.7. The lowest BCUT2D eigenvalue weighted by Crippen LogP contribution is -2.58. The topological polar surface area (TPSA) is 37.3 Å².